The van der Waals surface area contributed by atoms with Crippen LogP contribution >= 0.6 is 11.3 Å². The summed E-state index contributed by atoms with van der Waals surface area (Å²) in [5, 5.41) is 5.17. The van der Waals surface area contributed by atoms with Crippen molar-refractivity contribution in [2.75, 3.05) is 13.2 Å². The van der Waals surface area contributed by atoms with Crippen LogP contribution in [0.15, 0.2) is 10.9 Å². The minimum absolute atomic E-state index is 0.0541. The average molecular weight is 338 g/mol. The van der Waals surface area contributed by atoms with E-state index < -0.39 is 0 Å². The van der Waals surface area contributed by atoms with Gasteiger partial charge in [-0.25, -0.2) is 4.98 Å². The zero-order chi connectivity index (χ0) is 15.9. The van der Waals surface area contributed by atoms with E-state index in [2.05, 4.69) is 10.3 Å². The van der Waals surface area contributed by atoms with Gasteiger partial charge in [0.15, 0.2) is 0 Å². The Labute approximate surface area is 141 Å². The van der Waals surface area contributed by atoms with E-state index in [1.54, 1.807) is 16.8 Å². The van der Waals surface area contributed by atoms with Crippen LogP contribution in [0, 0.1) is 5.92 Å². The summed E-state index contributed by atoms with van der Waals surface area (Å²) >= 11 is 1.56. The Morgan fingerprint density at radius 3 is 3.00 bits per heavy atom. The van der Waals surface area contributed by atoms with Crippen molar-refractivity contribution in [3.05, 3.63) is 16.6 Å². The molecule has 2 aliphatic rings. The van der Waals surface area contributed by atoms with Crippen molar-refractivity contribution in [3.63, 3.8) is 0 Å². The number of thiazole rings is 1. The second-order valence-electron chi connectivity index (χ2n) is 6.57. The van der Waals surface area contributed by atoms with Gasteiger partial charge in [0, 0.05) is 18.4 Å². The molecule has 1 amide bonds. The average Bonchev–Trinajstić information content (AvgIpc) is 3.08. The van der Waals surface area contributed by atoms with Gasteiger partial charge in [0.2, 0.25) is 5.91 Å². The van der Waals surface area contributed by atoms with Crippen LogP contribution in [0.3, 0.4) is 0 Å². The molecule has 5 nitrogen and oxygen atoms in total. The maximum atomic E-state index is 12.3. The maximum Gasteiger partial charge on any atom is 0.220 e. The number of hydrogen-bond acceptors (Lipinski definition) is 5. The molecule has 0 spiro atoms. The second kappa shape index (κ2) is 8.76. The molecule has 3 rings (SSSR count). The van der Waals surface area contributed by atoms with Crippen molar-refractivity contribution in [1.29, 1.82) is 0 Å². The summed E-state index contributed by atoms with van der Waals surface area (Å²) in [6.45, 7) is 1.70. The molecule has 1 aromatic heterocycles. The molecule has 2 fully saturated rings. The highest BCUT2D eigenvalue weighted by Crippen LogP contribution is 2.26. The number of hydrogen-bond donors (Lipinski definition) is 1. The molecule has 2 heterocycles. The van der Waals surface area contributed by atoms with Crippen molar-refractivity contribution >= 4 is 17.2 Å². The normalized spacial score (nSPS) is 26.1. The van der Waals surface area contributed by atoms with Crippen molar-refractivity contribution in [2.45, 2.75) is 63.7 Å². The van der Waals surface area contributed by atoms with Gasteiger partial charge in [-0.1, -0.05) is 19.3 Å². The van der Waals surface area contributed by atoms with Gasteiger partial charge in [0.05, 0.1) is 30.5 Å². The molecule has 0 aromatic carbocycles. The first-order valence-corrected chi connectivity index (χ1v) is 9.61. The fourth-order valence-corrected chi connectivity index (χ4v) is 4.00. The van der Waals surface area contributed by atoms with Crippen LogP contribution in [0.1, 0.15) is 50.6 Å². The lowest BCUT2D eigenvalue weighted by Crippen LogP contribution is -2.50. The molecule has 2 atom stereocenters. The lowest BCUT2D eigenvalue weighted by atomic mass is 9.86. The minimum atomic E-state index is -0.0826. The molecule has 23 heavy (non-hydrogen) atoms. The van der Waals surface area contributed by atoms with E-state index in [1.807, 2.05) is 5.38 Å². The molecular weight excluding hydrogens is 312 g/mol. The van der Waals surface area contributed by atoms with Gasteiger partial charge in [-0.15, -0.1) is 11.3 Å². The third-order valence-corrected chi connectivity index (χ3v) is 5.41. The van der Waals surface area contributed by atoms with Gasteiger partial charge in [0.1, 0.15) is 6.10 Å². The Balaban J connectivity index is 1.46. The van der Waals surface area contributed by atoms with Gasteiger partial charge in [-0.3, -0.25) is 4.79 Å². The van der Waals surface area contributed by atoms with Crippen LogP contribution < -0.4 is 5.32 Å². The second-order valence-corrected chi connectivity index (χ2v) is 7.29. The molecule has 0 radical (unpaired) electrons. The Hall–Kier alpha value is -0.980. The number of amides is 1. The van der Waals surface area contributed by atoms with Gasteiger partial charge >= 0.3 is 0 Å². The van der Waals surface area contributed by atoms with Gasteiger partial charge in [-0.2, -0.15) is 0 Å². The first-order valence-electron chi connectivity index (χ1n) is 8.67. The summed E-state index contributed by atoms with van der Waals surface area (Å²) in [6, 6.07) is 0.0541. The van der Waals surface area contributed by atoms with E-state index in [0.717, 1.165) is 12.1 Å². The lowest BCUT2D eigenvalue weighted by Gasteiger charge is -2.32. The standard InChI is InChI=1S/C17H26N2O3S/c20-17(8-13-4-2-1-3-5-13)19-15-6-7-21-10-16(15)22-9-14-11-23-12-18-14/h11-13,15-16H,1-10H2,(H,19,20)/t15-,16-/m1/s1. The number of aromatic nitrogens is 1. The summed E-state index contributed by atoms with van der Waals surface area (Å²) in [7, 11) is 0. The molecule has 1 aromatic rings. The van der Waals surface area contributed by atoms with Crippen LogP contribution in [0.4, 0.5) is 0 Å². The molecular formula is C17H26N2O3S. The van der Waals surface area contributed by atoms with Gasteiger partial charge < -0.3 is 14.8 Å². The molecule has 1 saturated heterocycles. The first-order chi connectivity index (χ1) is 11.3. The summed E-state index contributed by atoms with van der Waals surface area (Å²) in [4.78, 5) is 16.6. The Morgan fingerprint density at radius 2 is 2.22 bits per heavy atom. The highest BCUT2D eigenvalue weighted by atomic mass is 32.1. The lowest BCUT2D eigenvalue weighted by molar-refractivity contribution is -0.127. The number of carbonyl (C=O) groups excluding carboxylic acids is 1. The first kappa shape index (κ1) is 16.9. The summed E-state index contributed by atoms with van der Waals surface area (Å²) in [5.74, 6) is 0.740. The van der Waals surface area contributed by atoms with Crippen molar-refractivity contribution in [2.24, 2.45) is 5.92 Å². The molecule has 6 heteroatoms. The van der Waals surface area contributed by atoms with E-state index in [9.17, 15) is 4.79 Å². The summed E-state index contributed by atoms with van der Waals surface area (Å²) in [6.07, 6.45) is 7.67. The fraction of sp³-hybridized carbons (Fsp3) is 0.765. The van der Waals surface area contributed by atoms with Crippen LogP contribution in [-0.2, 0) is 20.9 Å². The topological polar surface area (TPSA) is 60.5 Å². The molecule has 1 aliphatic carbocycles. The Kier molecular flexibility index (Phi) is 6.42. The third kappa shape index (κ3) is 5.26. The molecule has 0 bridgehead atoms. The van der Waals surface area contributed by atoms with E-state index >= 15 is 0 Å². The predicted octanol–water partition coefficient (Wildman–Crippen LogP) is 2.90. The zero-order valence-electron chi connectivity index (χ0n) is 13.5. The number of nitrogens with one attached hydrogen (secondary N) is 1. The third-order valence-electron chi connectivity index (χ3n) is 4.78. The van der Waals surface area contributed by atoms with Crippen LogP contribution in [-0.4, -0.2) is 36.3 Å². The number of nitrogens with zero attached hydrogens (tertiary/aromatic N) is 1. The van der Waals surface area contributed by atoms with Crippen molar-refractivity contribution in [3.8, 4) is 0 Å². The molecule has 1 N–H and O–H groups in total. The van der Waals surface area contributed by atoms with E-state index in [0.29, 0.717) is 32.2 Å². The van der Waals surface area contributed by atoms with Gasteiger partial charge in [-0.05, 0) is 25.2 Å². The van der Waals surface area contributed by atoms with Crippen molar-refractivity contribution in [1.82, 2.24) is 10.3 Å². The fourth-order valence-electron chi connectivity index (χ4n) is 3.46. The summed E-state index contributed by atoms with van der Waals surface area (Å²) in [5.41, 5.74) is 2.74. The molecule has 128 valence electrons. The number of carbonyl (C=O) groups is 1. The summed E-state index contributed by atoms with van der Waals surface area (Å²) < 4.78 is 11.5. The number of ether oxygens (including phenoxy) is 2. The van der Waals surface area contributed by atoms with E-state index in [4.69, 9.17) is 9.47 Å². The monoisotopic (exact) mass is 338 g/mol. The van der Waals surface area contributed by atoms with Crippen molar-refractivity contribution < 1.29 is 14.3 Å². The maximum absolute atomic E-state index is 12.3. The van der Waals surface area contributed by atoms with Crippen LogP contribution in [0.5, 0.6) is 0 Å². The molecule has 0 unspecified atom stereocenters. The molecule has 1 saturated carbocycles. The van der Waals surface area contributed by atoms with Crippen LogP contribution in [0.25, 0.3) is 0 Å². The van der Waals surface area contributed by atoms with Gasteiger partial charge in [0.25, 0.3) is 0 Å². The minimum Gasteiger partial charge on any atom is -0.379 e. The van der Waals surface area contributed by atoms with E-state index in [1.165, 1.54) is 32.1 Å². The quantitative estimate of drug-likeness (QED) is 0.866. The zero-order valence-corrected chi connectivity index (χ0v) is 14.4. The Morgan fingerprint density at radius 1 is 1.35 bits per heavy atom. The highest BCUT2D eigenvalue weighted by molar-refractivity contribution is 7.07. The highest BCUT2D eigenvalue weighted by Gasteiger charge is 2.29. The molecule has 1 aliphatic heterocycles. The predicted molar refractivity (Wildman–Crippen MR) is 89.2 cm³/mol. The Bertz CT molecular complexity index is 474. The number of rotatable bonds is 6. The SMILES string of the molecule is O=C(CC1CCCCC1)N[C@@H]1CCOC[C@H]1OCc1cscn1. The van der Waals surface area contributed by atoms with E-state index in [-0.39, 0.29) is 18.1 Å². The smallest absolute Gasteiger partial charge is 0.220 e. The van der Waals surface area contributed by atoms with Crippen LogP contribution in [0.2, 0.25) is 0 Å². The largest absolute Gasteiger partial charge is 0.379 e.